The summed E-state index contributed by atoms with van der Waals surface area (Å²) < 4.78 is 15.3. The standard InChI is InChI=1S/C28H22Br2N2O4S/c1-4-35-27(34)24-16(3)31-28-32(25(24)17-6-8-18(29)9-7-17)26(33)23(37-28)14-19-10-12-22(36-19)20-11-5-15(2)13-21(20)30/h5-14,25H,4H2,1-3H3/b23-14-/t25-/m1/s1. The van der Waals surface area contributed by atoms with Gasteiger partial charge in [-0.2, -0.15) is 0 Å². The topological polar surface area (TPSA) is 73.8 Å². The van der Waals surface area contributed by atoms with Gasteiger partial charge in [-0.1, -0.05) is 61.4 Å². The number of allylic oxidation sites excluding steroid dienone is 1. The molecule has 0 aliphatic carbocycles. The summed E-state index contributed by atoms with van der Waals surface area (Å²) in [7, 11) is 0. The molecule has 0 spiro atoms. The first-order valence-corrected chi connectivity index (χ1v) is 14.0. The molecule has 9 heteroatoms. The number of thiazole rings is 1. The number of halogens is 2. The molecular weight excluding hydrogens is 620 g/mol. The Morgan fingerprint density at radius 3 is 2.59 bits per heavy atom. The van der Waals surface area contributed by atoms with Crippen molar-refractivity contribution in [3.63, 3.8) is 0 Å². The molecule has 0 N–H and O–H groups in total. The first-order valence-electron chi connectivity index (χ1n) is 11.6. The Morgan fingerprint density at radius 1 is 1.14 bits per heavy atom. The molecule has 0 amide bonds. The molecule has 0 saturated carbocycles. The molecule has 1 atom stereocenters. The maximum absolute atomic E-state index is 13.7. The zero-order valence-corrected chi connectivity index (χ0v) is 24.2. The van der Waals surface area contributed by atoms with E-state index in [1.54, 1.807) is 24.5 Å². The fourth-order valence-electron chi connectivity index (χ4n) is 4.28. The largest absolute Gasteiger partial charge is 0.463 e. The minimum absolute atomic E-state index is 0.227. The van der Waals surface area contributed by atoms with Crippen LogP contribution in [0, 0.1) is 6.92 Å². The van der Waals surface area contributed by atoms with Crippen molar-refractivity contribution < 1.29 is 13.9 Å². The quantitative estimate of drug-likeness (QED) is 0.255. The van der Waals surface area contributed by atoms with Crippen LogP contribution in [-0.2, 0) is 9.53 Å². The van der Waals surface area contributed by atoms with Crippen molar-refractivity contribution in [3.8, 4) is 11.3 Å². The number of aromatic nitrogens is 1. The van der Waals surface area contributed by atoms with Crippen molar-refractivity contribution in [3.05, 3.63) is 111 Å². The molecule has 0 saturated heterocycles. The minimum Gasteiger partial charge on any atom is -0.463 e. The van der Waals surface area contributed by atoms with Gasteiger partial charge in [0, 0.05) is 20.6 Å². The van der Waals surface area contributed by atoms with Crippen LogP contribution in [0.25, 0.3) is 17.4 Å². The molecule has 0 radical (unpaired) electrons. The second-order valence-electron chi connectivity index (χ2n) is 8.54. The Hall–Kier alpha value is -3.01. The average molecular weight is 642 g/mol. The fourth-order valence-corrected chi connectivity index (χ4v) is 6.26. The molecule has 0 bridgehead atoms. The van der Waals surface area contributed by atoms with Crippen LogP contribution in [0.2, 0.25) is 0 Å². The maximum Gasteiger partial charge on any atom is 0.338 e. The van der Waals surface area contributed by atoms with Crippen molar-refractivity contribution in [2.75, 3.05) is 6.61 Å². The van der Waals surface area contributed by atoms with Gasteiger partial charge in [-0.3, -0.25) is 9.36 Å². The SMILES string of the molecule is CCOC(=O)C1=C(C)N=c2s/c(=C\c3ccc(-c4ccc(C)cc4Br)o3)c(=O)n2[C@@H]1c1ccc(Br)cc1. The Balaban J connectivity index is 1.63. The van der Waals surface area contributed by atoms with Crippen LogP contribution in [0.15, 0.2) is 89.0 Å². The lowest BCUT2D eigenvalue weighted by molar-refractivity contribution is -0.139. The van der Waals surface area contributed by atoms with Gasteiger partial charge in [-0.15, -0.1) is 0 Å². The van der Waals surface area contributed by atoms with E-state index in [1.807, 2.05) is 61.5 Å². The smallest absolute Gasteiger partial charge is 0.338 e. The molecule has 0 fully saturated rings. The normalized spacial score (nSPS) is 15.5. The van der Waals surface area contributed by atoms with Gasteiger partial charge >= 0.3 is 5.97 Å². The summed E-state index contributed by atoms with van der Waals surface area (Å²) in [6, 6.07) is 16.7. The van der Waals surface area contributed by atoms with E-state index in [2.05, 4.69) is 36.9 Å². The molecule has 5 rings (SSSR count). The van der Waals surface area contributed by atoms with E-state index < -0.39 is 12.0 Å². The third kappa shape index (κ3) is 4.95. The third-order valence-corrected chi connectivity index (χ3v) is 8.16. The lowest BCUT2D eigenvalue weighted by Crippen LogP contribution is -2.39. The van der Waals surface area contributed by atoms with E-state index in [0.717, 1.165) is 25.6 Å². The number of rotatable bonds is 5. The Kier molecular flexibility index (Phi) is 7.20. The summed E-state index contributed by atoms with van der Waals surface area (Å²) in [5.74, 6) is 0.763. The summed E-state index contributed by atoms with van der Waals surface area (Å²) >= 11 is 8.32. The zero-order chi connectivity index (χ0) is 26.3. The molecule has 188 valence electrons. The molecular formula is C28H22Br2N2O4S. The van der Waals surface area contributed by atoms with Gasteiger partial charge in [0.15, 0.2) is 4.80 Å². The van der Waals surface area contributed by atoms with Crippen molar-refractivity contribution in [1.29, 1.82) is 0 Å². The maximum atomic E-state index is 13.7. The highest BCUT2D eigenvalue weighted by Gasteiger charge is 2.33. The first-order chi connectivity index (χ1) is 17.8. The number of benzene rings is 2. The molecule has 2 aromatic carbocycles. The number of aryl methyl sites for hydroxylation is 1. The van der Waals surface area contributed by atoms with Crippen LogP contribution in [-0.4, -0.2) is 17.1 Å². The Bertz CT molecular complexity index is 1730. The van der Waals surface area contributed by atoms with Gasteiger partial charge < -0.3 is 9.15 Å². The molecule has 0 unspecified atom stereocenters. The van der Waals surface area contributed by atoms with Gasteiger partial charge in [0.1, 0.15) is 11.5 Å². The van der Waals surface area contributed by atoms with Crippen molar-refractivity contribution in [1.82, 2.24) is 4.57 Å². The van der Waals surface area contributed by atoms with Crippen molar-refractivity contribution >= 4 is 55.2 Å². The van der Waals surface area contributed by atoms with Crippen LogP contribution in [0.3, 0.4) is 0 Å². The third-order valence-electron chi connectivity index (χ3n) is 5.99. The number of hydrogen-bond donors (Lipinski definition) is 0. The Labute approximate surface area is 233 Å². The van der Waals surface area contributed by atoms with Gasteiger partial charge in [-0.25, -0.2) is 9.79 Å². The van der Waals surface area contributed by atoms with E-state index in [9.17, 15) is 9.59 Å². The number of nitrogens with zero attached hydrogens (tertiary/aromatic N) is 2. The highest BCUT2D eigenvalue weighted by Crippen LogP contribution is 2.32. The zero-order valence-electron chi connectivity index (χ0n) is 20.2. The highest BCUT2D eigenvalue weighted by molar-refractivity contribution is 9.10. The van der Waals surface area contributed by atoms with E-state index in [0.29, 0.717) is 32.1 Å². The predicted octanol–water partition coefficient (Wildman–Crippen LogP) is 5.89. The summed E-state index contributed by atoms with van der Waals surface area (Å²) in [5, 5.41) is 0. The van der Waals surface area contributed by atoms with Crippen LogP contribution in [0.4, 0.5) is 0 Å². The number of ether oxygens (including phenoxy) is 1. The number of hydrogen-bond acceptors (Lipinski definition) is 6. The molecule has 1 aliphatic rings. The molecule has 4 aromatic rings. The lowest BCUT2D eigenvalue weighted by Gasteiger charge is -2.24. The molecule has 2 aromatic heterocycles. The van der Waals surface area contributed by atoms with Gasteiger partial charge in [0.2, 0.25) is 0 Å². The second-order valence-corrected chi connectivity index (χ2v) is 11.3. The van der Waals surface area contributed by atoms with E-state index in [1.165, 1.54) is 11.3 Å². The van der Waals surface area contributed by atoms with Crippen LogP contribution in [0.1, 0.15) is 36.8 Å². The lowest BCUT2D eigenvalue weighted by atomic mass is 9.96. The average Bonchev–Trinajstić information content (AvgIpc) is 3.43. The number of carbonyl (C=O) groups is 1. The van der Waals surface area contributed by atoms with Gasteiger partial charge in [0.25, 0.3) is 5.56 Å². The molecule has 1 aliphatic heterocycles. The van der Waals surface area contributed by atoms with Crippen LogP contribution < -0.4 is 14.9 Å². The molecule has 3 heterocycles. The summed E-state index contributed by atoms with van der Waals surface area (Å²) in [5.41, 5.74) is 3.49. The monoisotopic (exact) mass is 640 g/mol. The van der Waals surface area contributed by atoms with Crippen molar-refractivity contribution in [2.24, 2.45) is 4.99 Å². The second kappa shape index (κ2) is 10.4. The summed E-state index contributed by atoms with van der Waals surface area (Å²) in [4.78, 5) is 31.8. The molecule has 37 heavy (non-hydrogen) atoms. The number of esters is 1. The first kappa shape index (κ1) is 25.6. The van der Waals surface area contributed by atoms with Gasteiger partial charge in [0.05, 0.1) is 28.5 Å². The highest BCUT2D eigenvalue weighted by atomic mass is 79.9. The summed E-state index contributed by atoms with van der Waals surface area (Å²) in [6.07, 6.45) is 1.72. The number of carbonyl (C=O) groups excluding carboxylic acids is 1. The fraction of sp³-hybridized carbons (Fsp3) is 0.179. The van der Waals surface area contributed by atoms with Gasteiger partial charge in [-0.05, 0) is 68.3 Å². The summed E-state index contributed by atoms with van der Waals surface area (Å²) in [6.45, 7) is 5.78. The molecule has 6 nitrogen and oxygen atoms in total. The Morgan fingerprint density at radius 2 is 1.89 bits per heavy atom. The number of furan rings is 1. The van der Waals surface area contributed by atoms with E-state index >= 15 is 0 Å². The minimum atomic E-state index is -0.652. The number of fused-ring (bicyclic) bond motifs is 1. The van der Waals surface area contributed by atoms with Crippen LogP contribution in [0.5, 0.6) is 0 Å². The van der Waals surface area contributed by atoms with Crippen LogP contribution >= 0.6 is 43.2 Å². The van der Waals surface area contributed by atoms with Crippen molar-refractivity contribution in [2.45, 2.75) is 26.8 Å². The van der Waals surface area contributed by atoms with E-state index in [-0.39, 0.29) is 12.2 Å². The van der Waals surface area contributed by atoms with E-state index in [4.69, 9.17) is 9.15 Å². The predicted molar refractivity (Wildman–Crippen MR) is 151 cm³/mol.